The fourth-order valence-corrected chi connectivity index (χ4v) is 0.832. The summed E-state index contributed by atoms with van der Waals surface area (Å²) in [6, 6.07) is 0.765. The zero-order chi connectivity index (χ0) is 5.40. The predicted octanol–water partition coefficient (Wildman–Crippen LogP) is -0.0552. The van der Waals surface area contributed by atoms with Crippen LogP contribution >= 0.6 is 0 Å². The summed E-state index contributed by atoms with van der Waals surface area (Å²) in [6.45, 7) is 0. The fraction of sp³-hybridized carbons (Fsp3) is 0.600. The molecule has 1 fully saturated rings. The van der Waals surface area contributed by atoms with Crippen LogP contribution in [0.4, 0.5) is 0 Å². The van der Waals surface area contributed by atoms with E-state index >= 15 is 0 Å². The van der Waals surface area contributed by atoms with Crippen molar-refractivity contribution in [1.82, 2.24) is 16.0 Å². The van der Waals surface area contributed by atoms with Crippen LogP contribution in [0.2, 0.25) is 0 Å². The minimum atomic E-state index is 0.765. The lowest BCUT2D eigenvalue weighted by atomic mass is 10.7. The van der Waals surface area contributed by atoms with Gasteiger partial charge in [0.05, 0.1) is 0 Å². The molecule has 0 atom stereocenters. The summed E-state index contributed by atoms with van der Waals surface area (Å²) in [5.74, 6) is 0. The Morgan fingerprint density at radius 2 is 2.38 bits per heavy atom. The predicted molar refractivity (Wildman–Crippen MR) is 30.3 cm³/mol. The van der Waals surface area contributed by atoms with Crippen LogP contribution in [0.5, 0.6) is 0 Å². The Morgan fingerprint density at radius 1 is 1.50 bits per heavy atom. The molecule has 1 aliphatic carbocycles. The molecule has 1 aliphatic heterocycles. The largest absolute Gasteiger partial charge is 0.310 e. The molecule has 0 aromatic rings. The Labute approximate surface area is 48.3 Å². The maximum Gasteiger partial charge on any atom is 0.0468 e. The van der Waals surface area contributed by atoms with E-state index in [9.17, 15) is 0 Å². The van der Waals surface area contributed by atoms with E-state index in [4.69, 9.17) is 0 Å². The molecule has 0 radical (unpaired) electrons. The molecule has 0 amide bonds. The summed E-state index contributed by atoms with van der Waals surface area (Å²) in [5.41, 5.74) is 5.88. The molecular weight excluding hydrogens is 102 g/mol. The Balaban J connectivity index is 1.95. The van der Waals surface area contributed by atoms with Gasteiger partial charge >= 0.3 is 0 Å². The second-order valence-electron chi connectivity index (χ2n) is 2.21. The smallest absolute Gasteiger partial charge is 0.0468 e. The third-order valence-electron chi connectivity index (χ3n) is 1.45. The van der Waals surface area contributed by atoms with Gasteiger partial charge in [0.25, 0.3) is 0 Å². The molecule has 0 aromatic heterocycles. The number of hydrogen-bond acceptors (Lipinski definition) is 3. The number of hydrogen-bond donors (Lipinski definition) is 2. The highest BCUT2D eigenvalue weighted by Gasteiger charge is 2.27. The van der Waals surface area contributed by atoms with Crippen LogP contribution in [0.15, 0.2) is 12.4 Å². The lowest BCUT2D eigenvalue weighted by Crippen LogP contribution is -2.36. The monoisotopic (exact) mass is 111 g/mol. The van der Waals surface area contributed by atoms with Gasteiger partial charge in [-0.3, -0.25) is 5.01 Å². The minimum Gasteiger partial charge on any atom is -0.310 e. The highest BCUT2D eigenvalue weighted by molar-refractivity contribution is 4.93. The zero-order valence-electron chi connectivity index (χ0n) is 4.59. The van der Waals surface area contributed by atoms with Crippen LogP contribution < -0.4 is 11.0 Å². The van der Waals surface area contributed by atoms with Crippen LogP contribution in [0.3, 0.4) is 0 Å². The SMILES string of the molecule is C1=CN(C2CC2)NN1. The summed E-state index contributed by atoms with van der Waals surface area (Å²) in [5, 5.41) is 2.10. The maximum absolute atomic E-state index is 2.99. The number of rotatable bonds is 1. The van der Waals surface area contributed by atoms with Crippen LogP contribution in [0.1, 0.15) is 12.8 Å². The van der Waals surface area contributed by atoms with Crippen molar-refractivity contribution in [3.05, 3.63) is 12.4 Å². The van der Waals surface area contributed by atoms with Crippen molar-refractivity contribution in [2.24, 2.45) is 0 Å². The van der Waals surface area contributed by atoms with Crippen molar-refractivity contribution in [3.8, 4) is 0 Å². The maximum atomic E-state index is 2.99. The molecule has 0 saturated heterocycles. The van der Waals surface area contributed by atoms with Gasteiger partial charge < -0.3 is 5.43 Å². The van der Waals surface area contributed by atoms with E-state index in [-0.39, 0.29) is 0 Å². The van der Waals surface area contributed by atoms with Gasteiger partial charge in [0, 0.05) is 18.4 Å². The molecular formula is C5H9N3. The van der Waals surface area contributed by atoms with Crippen LogP contribution in [-0.4, -0.2) is 11.1 Å². The van der Waals surface area contributed by atoms with Crippen molar-refractivity contribution >= 4 is 0 Å². The molecule has 1 saturated carbocycles. The van der Waals surface area contributed by atoms with Crippen molar-refractivity contribution in [2.45, 2.75) is 18.9 Å². The van der Waals surface area contributed by atoms with Gasteiger partial charge in [-0.2, -0.15) is 0 Å². The summed E-state index contributed by atoms with van der Waals surface area (Å²) < 4.78 is 0. The number of nitrogens with zero attached hydrogens (tertiary/aromatic N) is 1. The lowest BCUT2D eigenvalue weighted by molar-refractivity contribution is 0.262. The average Bonchev–Trinajstić information content (AvgIpc) is 2.49. The second-order valence-corrected chi connectivity index (χ2v) is 2.21. The molecule has 0 unspecified atom stereocenters. The lowest BCUT2D eigenvalue weighted by Gasteiger charge is -2.12. The van der Waals surface area contributed by atoms with Crippen molar-refractivity contribution < 1.29 is 0 Å². The molecule has 2 N–H and O–H groups in total. The van der Waals surface area contributed by atoms with Crippen LogP contribution in [0, 0.1) is 0 Å². The molecule has 44 valence electrons. The Hall–Kier alpha value is -0.700. The first-order chi connectivity index (χ1) is 3.97. The fourth-order valence-electron chi connectivity index (χ4n) is 0.832. The highest BCUT2D eigenvalue weighted by Crippen LogP contribution is 2.25. The van der Waals surface area contributed by atoms with Crippen molar-refractivity contribution in [2.75, 3.05) is 0 Å². The van der Waals surface area contributed by atoms with E-state index in [0.717, 1.165) is 6.04 Å². The quantitative estimate of drug-likeness (QED) is 0.496. The van der Waals surface area contributed by atoms with Crippen molar-refractivity contribution in [3.63, 3.8) is 0 Å². The molecule has 3 nitrogen and oxygen atoms in total. The molecule has 3 heteroatoms. The Kier molecular flexibility index (Phi) is 0.729. The third-order valence-corrected chi connectivity index (χ3v) is 1.45. The van der Waals surface area contributed by atoms with E-state index in [1.165, 1.54) is 12.8 Å². The molecule has 0 bridgehead atoms. The topological polar surface area (TPSA) is 27.3 Å². The summed E-state index contributed by atoms with van der Waals surface area (Å²) in [4.78, 5) is 0. The van der Waals surface area contributed by atoms with E-state index < -0.39 is 0 Å². The first-order valence-electron chi connectivity index (χ1n) is 2.93. The standard InChI is InChI=1S/C5H9N3/c1-2-5(1)8-4-3-6-7-8/h3-7H,1-2H2. The molecule has 1 heterocycles. The number of hydrazine groups is 2. The molecule has 2 rings (SSSR count). The van der Waals surface area contributed by atoms with Crippen molar-refractivity contribution in [1.29, 1.82) is 0 Å². The normalized spacial score (nSPS) is 26.2. The third kappa shape index (κ3) is 0.554. The van der Waals surface area contributed by atoms with Gasteiger partial charge in [-0.15, -0.1) is 5.53 Å². The van der Waals surface area contributed by atoms with E-state index in [1.54, 1.807) is 0 Å². The van der Waals surface area contributed by atoms with Gasteiger partial charge in [0.2, 0.25) is 0 Å². The van der Waals surface area contributed by atoms with Crippen LogP contribution in [-0.2, 0) is 0 Å². The van der Waals surface area contributed by atoms with E-state index in [1.807, 2.05) is 12.4 Å². The van der Waals surface area contributed by atoms with Gasteiger partial charge in [-0.1, -0.05) is 0 Å². The molecule has 0 aromatic carbocycles. The first-order valence-corrected chi connectivity index (χ1v) is 2.93. The van der Waals surface area contributed by atoms with E-state index in [0.29, 0.717) is 0 Å². The Morgan fingerprint density at radius 3 is 2.88 bits per heavy atom. The zero-order valence-corrected chi connectivity index (χ0v) is 4.59. The summed E-state index contributed by atoms with van der Waals surface area (Å²) >= 11 is 0. The van der Waals surface area contributed by atoms with Gasteiger partial charge in [0.15, 0.2) is 0 Å². The van der Waals surface area contributed by atoms with Gasteiger partial charge in [0.1, 0.15) is 0 Å². The molecule has 2 aliphatic rings. The Bertz CT molecular complexity index is 117. The minimum absolute atomic E-state index is 0.765. The average molecular weight is 111 g/mol. The second kappa shape index (κ2) is 1.39. The van der Waals surface area contributed by atoms with E-state index in [2.05, 4.69) is 16.0 Å². The molecule has 8 heavy (non-hydrogen) atoms. The first kappa shape index (κ1) is 4.21. The highest BCUT2D eigenvalue weighted by atomic mass is 15.7. The van der Waals surface area contributed by atoms with Gasteiger partial charge in [-0.05, 0) is 12.8 Å². The summed E-state index contributed by atoms with van der Waals surface area (Å²) in [7, 11) is 0. The van der Waals surface area contributed by atoms with Crippen LogP contribution in [0.25, 0.3) is 0 Å². The number of nitrogens with one attached hydrogen (secondary N) is 2. The van der Waals surface area contributed by atoms with Gasteiger partial charge in [-0.25, -0.2) is 0 Å². The molecule has 0 spiro atoms. The summed E-state index contributed by atoms with van der Waals surface area (Å²) in [6.07, 6.45) is 6.59.